The maximum Gasteiger partial charge on any atom is 0.408 e. The van der Waals surface area contributed by atoms with Gasteiger partial charge in [0.15, 0.2) is 11.9 Å². The molecule has 0 aliphatic carbocycles. The Labute approximate surface area is 124 Å². The molecule has 0 radical (unpaired) electrons. The fraction of sp³-hybridized carbons (Fsp3) is 0.429. The van der Waals surface area contributed by atoms with Crippen molar-refractivity contribution in [2.45, 2.75) is 39.3 Å². The first-order chi connectivity index (χ1) is 9.31. The molecule has 5 nitrogen and oxygen atoms in total. The van der Waals surface area contributed by atoms with Gasteiger partial charge in [-0.05, 0) is 44.9 Å². The number of amides is 1. The number of ether oxygens (including phenoxy) is 1. The second kappa shape index (κ2) is 7.14. The smallest absolute Gasteiger partial charge is 0.408 e. The van der Waals surface area contributed by atoms with Gasteiger partial charge in [0.1, 0.15) is 6.10 Å². The van der Waals surface area contributed by atoms with Gasteiger partial charge in [0.25, 0.3) is 0 Å². The van der Waals surface area contributed by atoms with Crippen LogP contribution in [0.15, 0.2) is 29.4 Å². The summed E-state index contributed by atoms with van der Waals surface area (Å²) < 4.78 is 9.43. The molecule has 0 aliphatic heterocycles. The number of nitrogens with one attached hydrogen (secondary N) is 1. The van der Waals surface area contributed by atoms with Gasteiger partial charge in [0, 0.05) is 5.54 Å². The van der Waals surface area contributed by atoms with Crippen LogP contribution in [0.3, 0.4) is 0 Å². The van der Waals surface area contributed by atoms with E-state index >= 15 is 0 Å². The van der Waals surface area contributed by atoms with Gasteiger partial charge >= 0.3 is 6.09 Å². The Hall–Kier alpha value is -1.75. The van der Waals surface area contributed by atoms with Crippen LogP contribution >= 0.6 is 11.9 Å². The summed E-state index contributed by atoms with van der Waals surface area (Å²) in [6.45, 7) is 7.48. The van der Waals surface area contributed by atoms with Gasteiger partial charge in [-0.3, -0.25) is 4.39 Å². The van der Waals surface area contributed by atoms with Crippen molar-refractivity contribution in [3.8, 4) is 0 Å². The third-order valence-electron chi connectivity index (χ3n) is 2.38. The predicted molar refractivity (Wildman–Crippen MR) is 78.8 cm³/mol. The van der Waals surface area contributed by atoms with Crippen LogP contribution in [0.4, 0.5) is 4.79 Å². The molecule has 0 aromatic heterocycles. The molecule has 6 heteroatoms. The van der Waals surface area contributed by atoms with Crippen molar-refractivity contribution in [2.24, 2.45) is 5.16 Å². The first kappa shape index (κ1) is 16.3. The van der Waals surface area contributed by atoms with Crippen LogP contribution in [0.1, 0.15) is 44.9 Å². The highest BCUT2D eigenvalue weighted by Gasteiger charge is 2.17. The molecular weight excluding hydrogens is 280 g/mol. The predicted octanol–water partition coefficient (Wildman–Crippen LogP) is 3.78. The molecule has 1 N–H and O–H groups in total. The van der Waals surface area contributed by atoms with E-state index in [0.717, 1.165) is 11.1 Å². The Bertz CT molecular complexity index is 484. The molecule has 0 saturated carbocycles. The molecule has 1 rings (SSSR count). The average Bonchev–Trinajstić information content (AvgIpc) is 2.34. The molecule has 1 atom stereocenters. The largest absolute Gasteiger partial charge is 0.442 e. The van der Waals surface area contributed by atoms with Crippen molar-refractivity contribution in [1.82, 2.24) is 5.32 Å². The Morgan fingerprint density at radius 2 is 2.15 bits per heavy atom. The summed E-state index contributed by atoms with van der Waals surface area (Å²) in [5.74, 6) is 0. The number of carbonyl (C=O) groups is 1. The highest BCUT2D eigenvalue weighted by atomic mass is 35.5. The molecule has 1 unspecified atom stereocenters. The van der Waals surface area contributed by atoms with Crippen LogP contribution in [0.5, 0.6) is 0 Å². The van der Waals surface area contributed by atoms with Crippen molar-refractivity contribution in [3.63, 3.8) is 0 Å². The maximum atomic E-state index is 11.7. The molecule has 0 spiro atoms. The van der Waals surface area contributed by atoms with Crippen LogP contribution < -0.4 is 5.32 Å². The zero-order valence-electron chi connectivity index (χ0n) is 12.0. The highest BCUT2D eigenvalue weighted by molar-refractivity contribution is 6.07. The molecule has 110 valence electrons. The highest BCUT2D eigenvalue weighted by Crippen LogP contribution is 2.18. The standard InChI is InChI=1S/C14H19ClN2O3/c1-10(19-13(18)17-14(2,3)4)12-7-5-6-11(8-12)9-16-20-15/h5-10H,1-4H3,(H,17,18)/b16-9+. The van der Waals surface area contributed by atoms with Gasteiger partial charge in [-0.1, -0.05) is 23.4 Å². The third kappa shape index (κ3) is 5.93. The SMILES string of the molecule is CC(OC(=O)NC(C)(C)C)c1cccc(/C=N/OCl)c1. The number of benzene rings is 1. The number of carbonyl (C=O) groups excluding carboxylic acids is 1. The minimum absolute atomic E-state index is 0.330. The van der Waals surface area contributed by atoms with Crippen LogP contribution in [0.25, 0.3) is 0 Å². The zero-order valence-corrected chi connectivity index (χ0v) is 12.8. The first-order valence-corrected chi connectivity index (χ1v) is 6.52. The first-order valence-electron chi connectivity index (χ1n) is 6.22. The third-order valence-corrected chi connectivity index (χ3v) is 2.46. The lowest BCUT2D eigenvalue weighted by molar-refractivity contribution is 0.100. The van der Waals surface area contributed by atoms with E-state index in [-0.39, 0.29) is 11.6 Å². The molecule has 0 bridgehead atoms. The lowest BCUT2D eigenvalue weighted by Crippen LogP contribution is -2.41. The van der Waals surface area contributed by atoms with Crippen molar-refractivity contribution in [3.05, 3.63) is 35.4 Å². The zero-order chi connectivity index (χ0) is 15.2. The Kier molecular flexibility index (Phi) is 5.82. The van der Waals surface area contributed by atoms with Gasteiger partial charge in [-0.15, -0.1) is 0 Å². The molecule has 1 aromatic rings. The van der Waals surface area contributed by atoms with E-state index in [2.05, 4.69) is 14.9 Å². The monoisotopic (exact) mass is 298 g/mol. The molecule has 1 amide bonds. The van der Waals surface area contributed by atoms with Crippen molar-refractivity contribution >= 4 is 24.2 Å². The summed E-state index contributed by atoms with van der Waals surface area (Å²) in [5.41, 5.74) is 1.32. The summed E-state index contributed by atoms with van der Waals surface area (Å²) >= 11 is 5.01. The fourth-order valence-electron chi connectivity index (χ4n) is 1.54. The minimum Gasteiger partial charge on any atom is -0.442 e. The van der Waals surface area contributed by atoms with Crippen LogP contribution in [0.2, 0.25) is 0 Å². The van der Waals surface area contributed by atoms with Crippen molar-refractivity contribution in [2.75, 3.05) is 0 Å². The molecular formula is C14H19ClN2O3. The van der Waals surface area contributed by atoms with Crippen molar-refractivity contribution in [1.29, 1.82) is 0 Å². The quantitative estimate of drug-likeness (QED) is 0.680. The summed E-state index contributed by atoms with van der Waals surface area (Å²) in [4.78, 5) is 11.7. The van der Waals surface area contributed by atoms with Crippen LogP contribution in [-0.2, 0) is 9.13 Å². The van der Waals surface area contributed by atoms with E-state index < -0.39 is 6.09 Å². The topological polar surface area (TPSA) is 59.9 Å². The van der Waals surface area contributed by atoms with E-state index in [1.165, 1.54) is 6.21 Å². The summed E-state index contributed by atoms with van der Waals surface area (Å²) in [5, 5.41) is 6.22. The number of rotatable bonds is 4. The van der Waals surface area contributed by atoms with Gasteiger partial charge in [-0.2, -0.15) is 0 Å². The van der Waals surface area contributed by atoms with E-state index in [9.17, 15) is 4.79 Å². The van der Waals surface area contributed by atoms with Gasteiger partial charge in [-0.25, -0.2) is 4.79 Å². The number of oxime groups is 1. The Morgan fingerprint density at radius 1 is 1.45 bits per heavy atom. The minimum atomic E-state index is -0.451. The Balaban J connectivity index is 2.70. The van der Waals surface area contributed by atoms with Gasteiger partial charge in [0.05, 0.1) is 6.21 Å². The van der Waals surface area contributed by atoms with E-state index in [1.54, 1.807) is 6.92 Å². The lowest BCUT2D eigenvalue weighted by Gasteiger charge is -2.22. The second-order valence-corrected chi connectivity index (χ2v) is 5.53. The number of hydrogen-bond donors (Lipinski definition) is 1. The number of nitrogens with zero attached hydrogens (tertiary/aromatic N) is 1. The summed E-state index contributed by atoms with van der Waals surface area (Å²) in [6.07, 6.45) is 0.647. The fourth-order valence-corrected chi connectivity index (χ4v) is 1.58. The molecule has 1 aromatic carbocycles. The lowest BCUT2D eigenvalue weighted by atomic mass is 10.1. The van der Waals surface area contributed by atoms with Gasteiger partial charge < -0.3 is 10.1 Å². The molecule has 0 saturated heterocycles. The maximum absolute atomic E-state index is 11.7. The van der Waals surface area contributed by atoms with Crippen LogP contribution in [0, 0.1) is 0 Å². The van der Waals surface area contributed by atoms with Crippen LogP contribution in [-0.4, -0.2) is 17.8 Å². The Morgan fingerprint density at radius 3 is 2.75 bits per heavy atom. The number of halogens is 1. The average molecular weight is 299 g/mol. The normalized spacial score (nSPS) is 13.1. The second-order valence-electron chi connectivity index (χ2n) is 5.40. The van der Waals surface area contributed by atoms with E-state index in [0.29, 0.717) is 0 Å². The molecule has 0 heterocycles. The number of alkyl carbamates (subject to hydrolysis) is 1. The summed E-state index contributed by atoms with van der Waals surface area (Å²) in [7, 11) is 0. The number of hydrogen-bond acceptors (Lipinski definition) is 4. The molecule has 0 fully saturated rings. The van der Waals surface area contributed by atoms with Gasteiger partial charge in [0.2, 0.25) is 0 Å². The molecule has 0 aliphatic rings. The summed E-state index contributed by atoms with van der Waals surface area (Å²) in [6, 6.07) is 7.39. The van der Waals surface area contributed by atoms with E-state index in [4.69, 9.17) is 16.6 Å². The molecule has 20 heavy (non-hydrogen) atoms. The van der Waals surface area contributed by atoms with E-state index in [1.807, 2.05) is 45.0 Å². The van der Waals surface area contributed by atoms with Crippen molar-refractivity contribution < 1.29 is 13.9 Å².